The molecule has 2 aromatic heterocycles. The summed E-state index contributed by atoms with van der Waals surface area (Å²) in [6.07, 6.45) is 5.05. The number of carbonyl (C=O) groups is 2. The molecule has 0 spiro atoms. The van der Waals surface area contributed by atoms with Crippen molar-refractivity contribution in [3.8, 4) is 5.69 Å². The van der Waals surface area contributed by atoms with Gasteiger partial charge in [0.1, 0.15) is 12.3 Å². The molecule has 0 aliphatic heterocycles. The van der Waals surface area contributed by atoms with E-state index in [0.29, 0.717) is 0 Å². The molecule has 0 aliphatic carbocycles. The first kappa shape index (κ1) is 15.5. The molecule has 7 heteroatoms. The number of aryl methyl sites for hydroxylation is 1. The fourth-order valence-corrected chi connectivity index (χ4v) is 2.29. The van der Waals surface area contributed by atoms with E-state index in [4.69, 9.17) is 10.5 Å². The Morgan fingerprint density at radius 1 is 1.25 bits per heavy atom. The molecular weight excluding hydrogens is 308 g/mol. The summed E-state index contributed by atoms with van der Waals surface area (Å²) in [5.41, 5.74) is 7.52. The number of benzene rings is 1. The highest BCUT2D eigenvalue weighted by Gasteiger charge is 2.15. The number of nitrogens with two attached hydrogens (primary N) is 1. The highest BCUT2D eigenvalue weighted by molar-refractivity contribution is 5.96. The van der Waals surface area contributed by atoms with Gasteiger partial charge in [0, 0.05) is 25.6 Å². The first-order valence-corrected chi connectivity index (χ1v) is 7.27. The molecule has 2 N–H and O–H groups in total. The molecule has 7 nitrogen and oxygen atoms in total. The Morgan fingerprint density at radius 2 is 2.00 bits per heavy atom. The second-order valence-corrected chi connectivity index (χ2v) is 5.28. The lowest BCUT2D eigenvalue weighted by Gasteiger charge is -2.07. The number of rotatable bonds is 5. The molecule has 0 saturated heterocycles. The lowest BCUT2D eigenvalue weighted by Crippen LogP contribution is -2.10. The maximum Gasteiger partial charge on any atom is 0.355 e. The number of hydrogen-bond acceptors (Lipinski definition) is 4. The van der Waals surface area contributed by atoms with Crippen molar-refractivity contribution < 1.29 is 14.3 Å². The van der Waals surface area contributed by atoms with Crippen LogP contribution in [0.2, 0.25) is 0 Å². The van der Waals surface area contributed by atoms with Crippen LogP contribution < -0.4 is 5.73 Å². The summed E-state index contributed by atoms with van der Waals surface area (Å²) in [7, 11) is 1.65. The van der Waals surface area contributed by atoms with E-state index in [1.54, 1.807) is 17.9 Å². The molecule has 0 radical (unpaired) electrons. The molecule has 0 fully saturated rings. The Hall–Kier alpha value is -3.35. The molecule has 0 bridgehead atoms. The van der Waals surface area contributed by atoms with Crippen molar-refractivity contribution in [2.75, 3.05) is 0 Å². The van der Waals surface area contributed by atoms with E-state index in [9.17, 15) is 9.59 Å². The van der Waals surface area contributed by atoms with Gasteiger partial charge < -0.3 is 15.0 Å². The summed E-state index contributed by atoms with van der Waals surface area (Å²) in [6, 6.07) is 10.8. The van der Waals surface area contributed by atoms with Crippen molar-refractivity contribution in [3.63, 3.8) is 0 Å². The van der Waals surface area contributed by atoms with E-state index in [0.717, 1.165) is 11.3 Å². The van der Waals surface area contributed by atoms with Crippen LogP contribution in [-0.4, -0.2) is 26.2 Å². The first-order chi connectivity index (χ1) is 11.5. The van der Waals surface area contributed by atoms with Gasteiger partial charge in [-0.3, -0.25) is 4.79 Å². The van der Waals surface area contributed by atoms with Gasteiger partial charge in [-0.2, -0.15) is 5.10 Å². The average Bonchev–Trinajstić information content (AvgIpc) is 3.23. The van der Waals surface area contributed by atoms with Crippen molar-refractivity contribution in [1.82, 2.24) is 14.3 Å². The fourth-order valence-electron chi connectivity index (χ4n) is 2.29. The third-order valence-corrected chi connectivity index (χ3v) is 3.57. The number of nitrogens with zero attached hydrogens (tertiary/aromatic N) is 3. The van der Waals surface area contributed by atoms with E-state index in [1.807, 2.05) is 36.5 Å². The van der Waals surface area contributed by atoms with Crippen LogP contribution in [-0.2, 0) is 18.4 Å². The summed E-state index contributed by atoms with van der Waals surface area (Å²) in [5.74, 6) is -1.10. The minimum atomic E-state index is -0.584. The SMILES string of the molecule is Cn1cc(C(N)=O)cc1C(=O)OCc1ccc(-n2cccn2)cc1. The number of esters is 1. The normalized spacial score (nSPS) is 10.5. The molecule has 122 valence electrons. The van der Waals surface area contributed by atoms with Crippen LogP contribution >= 0.6 is 0 Å². The number of carbonyl (C=O) groups excluding carboxylic acids is 2. The first-order valence-electron chi connectivity index (χ1n) is 7.27. The lowest BCUT2D eigenvalue weighted by molar-refractivity contribution is 0.0461. The maximum atomic E-state index is 12.1. The monoisotopic (exact) mass is 324 g/mol. The molecular formula is C17H16N4O3. The fraction of sp³-hybridized carbons (Fsp3) is 0.118. The van der Waals surface area contributed by atoms with Gasteiger partial charge in [0.15, 0.2) is 0 Å². The highest BCUT2D eigenvalue weighted by atomic mass is 16.5. The number of primary amides is 1. The molecule has 0 unspecified atom stereocenters. The highest BCUT2D eigenvalue weighted by Crippen LogP contribution is 2.12. The largest absolute Gasteiger partial charge is 0.456 e. The molecule has 0 aliphatic rings. The third kappa shape index (κ3) is 3.19. The predicted octanol–water partition coefficient (Wildman–Crippen LogP) is 1.67. The minimum Gasteiger partial charge on any atom is -0.456 e. The second-order valence-electron chi connectivity index (χ2n) is 5.28. The third-order valence-electron chi connectivity index (χ3n) is 3.57. The average molecular weight is 324 g/mol. The van der Waals surface area contributed by atoms with E-state index < -0.39 is 11.9 Å². The Balaban J connectivity index is 1.65. The van der Waals surface area contributed by atoms with Crippen LogP contribution in [0.1, 0.15) is 26.4 Å². The quantitative estimate of drug-likeness (QED) is 0.723. The Bertz CT molecular complexity index is 864. The zero-order valence-corrected chi connectivity index (χ0v) is 13.0. The van der Waals surface area contributed by atoms with Crippen LogP contribution in [0.3, 0.4) is 0 Å². The van der Waals surface area contributed by atoms with Crippen molar-refractivity contribution in [2.45, 2.75) is 6.61 Å². The standard InChI is InChI=1S/C17H16N4O3/c1-20-10-13(16(18)22)9-15(20)17(23)24-11-12-3-5-14(6-4-12)21-8-2-7-19-21/h2-10H,11H2,1H3,(H2,18,22). The van der Waals surface area contributed by atoms with Gasteiger partial charge in [0.2, 0.25) is 5.91 Å². The molecule has 0 atom stereocenters. The Labute approximate surface area is 138 Å². The second kappa shape index (κ2) is 6.41. The molecule has 1 amide bonds. The molecule has 3 rings (SSSR count). The lowest BCUT2D eigenvalue weighted by atomic mass is 10.2. The van der Waals surface area contributed by atoms with Gasteiger partial charge in [0.25, 0.3) is 0 Å². The molecule has 0 saturated carbocycles. The number of amides is 1. The van der Waals surface area contributed by atoms with Crippen LogP contribution in [0.15, 0.2) is 55.0 Å². The zero-order chi connectivity index (χ0) is 17.1. The number of ether oxygens (including phenoxy) is 1. The maximum absolute atomic E-state index is 12.1. The summed E-state index contributed by atoms with van der Waals surface area (Å²) < 4.78 is 8.54. The number of hydrogen-bond donors (Lipinski definition) is 1. The van der Waals surface area contributed by atoms with Gasteiger partial charge in [-0.1, -0.05) is 12.1 Å². The van der Waals surface area contributed by atoms with Crippen molar-refractivity contribution in [2.24, 2.45) is 12.8 Å². The molecule has 1 aromatic carbocycles. The number of aromatic nitrogens is 3. The summed E-state index contributed by atoms with van der Waals surface area (Å²) >= 11 is 0. The Morgan fingerprint density at radius 3 is 2.58 bits per heavy atom. The van der Waals surface area contributed by atoms with Crippen LogP contribution in [0.4, 0.5) is 0 Å². The van der Waals surface area contributed by atoms with Crippen LogP contribution in [0.5, 0.6) is 0 Å². The van der Waals surface area contributed by atoms with Crippen molar-refractivity contribution in [3.05, 3.63) is 71.8 Å². The topological polar surface area (TPSA) is 92.1 Å². The summed E-state index contributed by atoms with van der Waals surface area (Å²) in [6.45, 7) is 0.134. The van der Waals surface area contributed by atoms with Crippen LogP contribution in [0.25, 0.3) is 5.69 Å². The van der Waals surface area contributed by atoms with E-state index in [2.05, 4.69) is 5.10 Å². The molecule has 3 aromatic rings. The van der Waals surface area contributed by atoms with Crippen molar-refractivity contribution >= 4 is 11.9 Å². The predicted molar refractivity (Wildman–Crippen MR) is 86.6 cm³/mol. The van der Waals surface area contributed by atoms with Gasteiger partial charge in [-0.05, 0) is 29.8 Å². The van der Waals surface area contributed by atoms with E-state index in [-0.39, 0.29) is 17.9 Å². The smallest absolute Gasteiger partial charge is 0.355 e. The minimum absolute atomic E-state index is 0.134. The van der Waals surface area contributed by atoms with Gasteiger partial charge in [0.05, 0.1) is 11.3 Å². The zero-order valence-electron chi connectivity index (χ0n) is 13.0. The van der Waals surface area contributed by atoms with Gasteiger partial charge in [-0.25, -0.2) is 9.48 Å². The molecule has 2 heterocycles. The Kier molecular flexibility index (Phi) is 4.15. The van der Waals surface area contributed by atoms with Gasteiger partial charge in [-0.15, -0.1) is 0 Å². The van der Waals surface area contributed by atoms with E-state index in [1.165, 1.54) is 16.8 Å². The summed E-state index contributed by atoms with van der Waals surface area (Å²) in [5, 5.41) is 4.15. The van der Waals surface area contributed by atoms with Gasteiger partial charge >= 0.3 is 5.97 Å². The van der Waals surface area contributed by atoms with E-state index >= 15 is 0 Å². The van der Waals surface area contributed by atoms with Crippen LogP contribution in [0, 0.1) is 0 Å². The molecule has 24 heavy (non-hydrogen) atoms. The summed E-state index contributed by atoms with van der Waals surface area (Å²) in [4.78, 5) is 23.3. The van der Waals surface area contributed by atoms with Crippen molar-refractivity contribution in [1.29, 1.82) is 0 Å².